The Bertz CT molecular complexity index is 332. The van der Waals surface area contributed by atoms with Gasteiger partial charge in [0.25, 0.3) is 5.69 Å². The number of non-ortho nitro benzene ring substituents is 1. The predicted molar refractivity (Wildman–Crippen MR) is 52.2 cm³/mol. The van der Waals surface area contributed by atoms with E-state index in [0.717, 1.165) is 0 Å². The predicted octanol–water partition coefficient (Wildman–Crippen LogP) is 0.526. The summed E-state index contributed by atoms with van der Waals surface area (Å²) in [7, 11) is 0. The summed E-state index contributed by atoms with van der Waals surface area (Å²) >= 11 is 0. The molecule has 0 fully saturated rings. The fraction of sp³-hybridized carbons (Fsp3) is 0.333. The molecule has 1 aromatic carbocycles. The molecule has 1 aromatic rings. The number of nitro benzene ring substituents is 1. The third-order valence-corrected chi connectivity index (χ3v) is 1.83. The highest BCUT2D eigenvalue weighted by Gasteiger charge is 2.13. The quantitative estimate of drug-likeness (QED) is 0.419. The zero-order chi connectivity index (χ0) is 12.0. The zero-order valence-corrected chi connectivity index (χ0v) is 8.28. The van der Waals surface area contributed by atoms with Crippen LogP contribution in [0.15, 0.2) is 24.3 Å². The van der Waals surface area contributed by atoms with Crippen LogP contribution in [0.5, 0.6) is 0 Å². The first-order chi connectivity index (χ1) is 7.69. The molecular weight excluding hydrogens is 218 g/mol. The van der Waals surface area contributed by atoms with Gasteiger partial charge in [0.05, 0.1) is 4.92 Å². The highest BCUT2D eigenvalue weighted by Crippen LogP contribution is 2.21. The number of hydrogen-bond acceptors (Lipinski definition) is 6. The zero-order valence-electron chi connectivity index (χ0n) is 8.28. The maximum absolute atomic E-state index is 10.4. The van der Waals surface area contributed by atoms with Crippen molar-refractivity contribution in [3.8, 4) is 0 Å². The lowest BCUT2D eigenvalue weighted by molar-refractivity contribution is -0.384. The van der Waals surface area contributed by atoms with Crippen LogP contribution < -0.4 is 0 Å². The Morgan fingerprint density at radius 2 is 1.69 bits per heavy atom. The van der Waals surface area contributed by atoms with E-state index in [1.807, 2.05) is 0 Å². The highest BCUT2D eigenvalue weighted by molar-refractivity contribution is 5.33. The number of rotatable bonds is 6. The van der Waals surface area contributed by atoms with Crippen molar-refractivity contribution in [1.29, 1.82) is 0 Å². The topological polar surface area (TPSA) is 102 Å². The molecule has 0 saturated heterocycles. The number of hydrogen-bond donors (Lipinski definition) is 2. The molecule has 1 rings (SSSR count). The summed E-state index contributed by atoms with van der Waals surface area (Å²) in [6, 6.07) is 5.41. The van der Waals surface area contributed by atoms with Crippen LogP contribution in [0.4, 0.5) is 5.69 Å². The van der Waals surface area contributed by atoms with E-state index in [0.29, 0.717) is 5.56 Å². The van der Waals surface area contributed by atoms with Crippen LogP contribution in [0.1, 0.15) is 11.9 Å². The number of aliphatic hydroxyl groups is 2. The molecule has 0 spiro atoms. The summed E-state index contributed by atoms with van der Waals surface area (Å²) in [6.07, 6.45) is -0.948. The van der Waals surface area contributed by atoms with Crippen LogP contribution in [0.25, 0.3) is 0 Å². The van der Waals surface area contributed by atoms with Gasteiger partial charge in [0.2, 0.25) is 0 Å². The largest absolute Gasteiger partial charge is 0.371 e. The molecule has 0 amide bonds. The SMILES string of the molecule is O=[N+]([O-])c1ccc(C(OCO)OCO)cc1. The second-order valence-corrected chi connectivity index (χ2v) is 2.77. The highest BCUT2D eigenvalue weighted by atomic mass is 16.7. The molecule has 7 nitrogen and oxygen atoms in total. The van der Waals surface area contributed by atoms with Gasteiger partial charge in [-0.1, -0.05) is 0 Å². The van der Waals surface area contributed by atoms with Gasteiger partial charge in [-0.3, -0.25) is 10.1 Å². The van der Waals surface area contributed by atoms with Crippen molar-refractivity contribution >= 4 is 5.69 Å². The molecule has 0 radical (unpaired) electrons. The van der Waals surface area contributed by atoms with Crippen LogP contribution in [0, 0.1) is 10.1 Å². The van der Waals surface area contributed by atoms with Crippen molar-refractivity contribution in [2.75, 3.05) is 13.6 Å². The molecule has 0 unspecified atom stereocenters. The summed E-state index contributed by atoms with van der Waals surface area (Å²) in [5, 5.41) is 27.5. The van der Waals surface area contributed by atoms with E-state index in [1.165, 1.54) is 24.3 Å². The van der Waals surface area contributed by atoms with Gasteiger partial charge in [-0.2, -0.15) is 0 Å². The maximum Gasteiger partial charge on any atom is 0.269 e. The monoisotopic (exact) mass is 229 g/mol. The van der Waals surface area contributed by atoms with E-state index in [2.05, 4.69) is 0 Å². The van der Waals surface area contributed by atoms with E-state index in [1.54, 1.807) is 0 Å². The van der Waals surface area contributed by atoms with Gasteiger partial charge in [-0.05, 0) is 12.1 Å². The Morgan fingerprint density at radius 3 is 2.06 bits per heavy atom. The lowest BCUT2D eigenvalue weighted by Gasteiger charge is -2.15. The molecule has 0 heterocycles. The Labute approximate surface area is 91.0 Å². The molecule has 2 N–H and O–H groups in total. The first kappa shape index (κ1) is 12.5. The number of nitro groups is 1. The molecule has 0 aromatic heterocycles. The van der Waals surface area contributed by atoms with Crippen molar-refractivity contribution in [1.82, 2.24) is 0 Å². The second kappa shape index (κ2) is 6.13. The van der Waals surface area contributed by atoms with Crippen LogP contribution >= 0.6 is 0 Å². The molecule has 0 aliphatic rings. The lowest BCUT2D eigenvalue weighted by atomic mass is 10.2. The van der Waals surface area contributed by atoms with Crippen LogP contribution in [-0.4, -0.2) is 28.7 Å². The molecule has 0 aliphatic carbocycles. The van der Waals surface area contributed by atoms with Gasteiger partial charge in [0.1, 0.15) is 13.6 Å². The first-order valence-corrected chi connectivity index (χ1v) is 4.38. The molecule has 7 heteroatoms. The van der Waals surface area contributed by atoms with Crippen molar-refractivity contribution in [2.45, 2.75) is 6.29 Å². The summed E-state index contributed by atoms with van der Waals surface area (Å²) in [4.78, 5) is 9.87. The third-order valence-electron chi connectivity index (χ3n) is 1.83. The average Bonchev–Trinajstić information content (AvgIpc) is 2.29. The normalized spacial score (nSPS) is 10.7. The standard InChI is InChI=1S/C9H11NO6/c11-5-15-9(16-6-12)7-1-3-8(4-2-7)10(13)14/h1-4,9,11-12H,5-6H2. The maximum atomic E-state index is 10.4. The van der Waals surface area contributed by atoms with Crippen molar-refractivity contribution in [3.05, 3.63) is 39.9 Å². The van der Waals surface area contributed by atoms with E-state index in [4.69, 9.17) is 19.7 Å². The average molecular weight is 229 g/mol. The number of benzene rings is 1. The van der Waals surface area contributed by atoms with Gasteiger partial charge < -0.3 is 19.7 Å². The molecule has 0 saturated carbocycles. The number of ether oxygens (including phenoxy) is 2. The fourth-order valence-corrected chi connectivity index (χ4v) is 1.13. The van der Waals surface area contributed by atoms with Gasteiger partial charge in [-0.25, -0.2) is 0 Å². The third kappa shape index (κ3) is 3.24. The second-order valence-electron chi connectivity index (χ2n) is 2.77. The van der Waals surface area contributed by atoms with Gasteiger partial charge >= 0.3 is 0 Å². The smallest absolute Gasteiger partial charge is 0.269 e. The number of nitrogens with zero attached hydrogens (tertiary/aromatic N) is 1. The Kier molecular flexibility index (Phi) is 4.80. The van der Waals surface area contributed by atoms with E-state index in [-0.39, 0.29) is 5.69 Å². The van der Waals surface area contributed by atoms with Crippen molar-refractivity contribution in [3.63, 3.8) is 0 Å². The molecule has 0 aliphatic heterocycles. The van der Waals surface area contributed by atoms with E-state index < -0.39 is 24.8 Å². The summed E-state index contributed by atoms with van der Waals surface area (Å²) in [6.45, 7) is -1.16. The lowest BCUT2D eigenvalue weighted by Crippen LogP contribution is -2.10. The molecule has 16 heavy (non-hydrogen) atoms. The van der Waals surface area contributed by atoms with Crippen molar-refractivity contribution in [2.24, 2.45) is 0 Å². The van der Waals surface area contributed by atoms with Crippen LogP contribution in [0.2, 0.25) is 0 Å². The molecule has 0 bridgehead atoms. The Morgan fingerprint density at radius 1 is 1.19 bits per heavy atom. The van der Waals surface area contributed by atoms with Gasteiger partial charge in [0, 0.05) is 17.7 Å². The van der Waals surface area contributed by atoms with E-state index >= 15 is 0 Å². The minimum Gasteiger partial charge on any atom is -0.371 e. The molecule has 0 atom stereocenters. The fourth-order valence-electron chi connectivity index (χ4n) is 1.13. The minimum absolute atomic E-state index is 0.0597. The summed E-state index contributed by atoms with van der Waals surface area (Å²) < 4.78 is 9.54. The Hall–Kier alpha value is -1.54. The number of aliphatic hydroxyl groups excluding tert-OH is 2. The first-order valence-electron chi connectivity index (χ1n) is 4.38. The summed E-state index contributed by atoms with van der Waals surface area (Å²) in [5.74, 6) is 0. The van der Waals surface area contributed by atoms with Gasteiger partial charge in [0.15, 0.2) is 6.29 Å². The van der Waals surface area contributed by atoms with E-state index in [9.17, 15) is 10.1 Å². The Balaban J connectivity index is 2.80. The van der Waals surface area contributed by atoms with Crippen molar-refractivity contribution < 1.29 is 24.6 Å². The summed E-state index contributed by atoms with van der Waals surface area (Å²) in [5.41, 5.74) is 0.407. The van der Waals surface area contributed by atoms with Gasteiger partial charge in [-0.15, -0.1) is 0 Å². The molecule has 88 valence electrons. The van der Waals surface area contributed by atoms with Crippen LogP contribution in [0.3, 0.4) is 0 Å². The minimum atomic E-state index is -0.948. The van der Waals surface area contributed by atoms with Crippen LogP contribution in [-0.2, 0) is 9.47 Å². The molecular formula is C9H11NO6.